The molecule has 1 aromatic heterocycles. The van der Waals surface area contributed by atoms with E-state index in [1.807, 2.05) is 10.6 Å². The van der Waals surface area contributed by atoms with Crippen molar-refractivity contribution in [3.05, 3.63) is 24.3 Å². The van der Waals surface area contributed by atoms with E-state index in [1.165, 1.54) is 16.1 Å². The van der Waals surface area contributed by atoms with Gasteiger partial charge in [-0.25, -0.2) is 8.42 Å². The fraction of sp³-hybridized carbons (Fsp3) is 0.609. The average Bonchev–Trinajstić information content (AvgIpc) is 3.56. The standard InChI is InChI=1S/C23H33N5O5S2/c1-3-17(2)28-22(25-26-23(28)34-16-21(29)24-15-19-7-5-11-33-19)18-6-4-8-20(14-18)35(30,31)27-9-12-32-13-10-27/h4,6,8,14,17,19H,3,5,7,9-13,15-16H2,1-2H3,(H,24,29)/t17-,19+/m1/s1. The molecule has 0 radical (unpaired) electrons. The van der Waals surface area contributed by atoms with Crippen LogP contribution in [0.5, 0.6) is 0 Å². The average molecular weight is 524 g/mol. The Morgan fingerprint density at radius 1 is 1.26 bits per heavy atom. The number of hydrogen-bond donors (Lipinski definition) is 1. The van der Waals surface area contributed by atoms with Gasteiger partial charge in [0.25, 0.3) is 0 Å². The smallest absolute Gasteiger partial charge is 0.243 e. The lowest BCUT2D eigenvalue weighted by molar-refractivity contribution is -0.119. The van der Waals surface area contributed by atoms with E-state index >= 15 is 0 Å². The van der Waals surface area contributed by atoms with Gasteiger partial charge in [0.1, 0.15) is 0 Å². The van der Waals surface area contributed by atoms with E-state index in [0.29, 0.717) is 49.4 Å². The Balaban J connectivity index is 1.51. The van der Waals surface area contributed by atoms with Crippen molar-refractivity contribution in [3.63, 3.8) is 0 Å². The number of carbonyl (C=O) groups is 1. The van der Waals surface area contributed by atoms with Crippen molar-refractivity contribution in [3.8, 4) is 11.4 Å². The molecule has 0 aliphatic carbocycles. The number of benzene rings is 1. The van der Waals surface area contributed by atoms with Gasteiger partial charge in [-0.15, -0.1) is 10.2 Å². The monoisotopic (exact) mass is 523 g/mol. The van der Waals surface area contributed by atoms with Crippen LogP contribution in [0.1, 0.15) is 39.2 Å². The quantitative estimate of drug-likeness (QED) is 0.472. The molecule has 2 fully saturated rings. The van der Waals surface area contributed by atoms with Crippen LogP contribution in [0.25, 0.3) is 11.4 Å². The van der Waals surface area contributed by atoms with Crippen molar-refractivity contribution in [1.29, 1.82) is 0 Å². The van der Waals surface area contributed by atoms with Crippen LogP contribution in [-0.2, 0) is 24.3 Å². The normalized spacial score (nSPS) is 20.1. The molecule has 35 heavy (non-hydrogen) atoms. The van der Waals surface area contributed by atoms with E-state index in [-0.39, 0.29) is 28.7 Å². The van der Waals surface area contributed by atoms with Gasteiger partial charge in [-0.2, -0.15) is 4.31 Å². The molecule has 2 atom stereocenters. The number of thioether (sulfide) groups is 1. The molecule has 0 saturated carbocycles. The highest BCUT2D eigenvalue weighted by Crippen LogP contribution is 2.30. The van der Waals surface area contributed by atoms with Crippen LogP contribution in [0.3, 0.4) is 0 Å². The predicted octanol–water partition coefficient (Wildman–Crippen LogP) is 2.32. The van der Waals surface area contributed by atoms with Crippen LogP contribution in [0.15, 0.2) is 34.3 Å². The summed E-state index contributed by atoms with van der Waals surface area (Å²) in [5, 5.41) is 12.3. The predicted molar refractivity (Wildman–Crippen MR) is 133 cm³/mol. The maximum atomic E-state index is 13.2. The summed E-state index contributed by atoms with van der Waals surface area (Å²) < 4.78 is 40.6. The van der Waals surface area contributed by atoms with E-state index in [0.717, 1.165) is 25.9 Å². The number of hydrogen-bond acceptors (Lipinski definition) is 8. The molecule has 2 aromatic rings. The molecule has 1 N–H and O–H groups in total. The molecule has 3 heterocycles. The summed E-state index contributed by atoms with van der Waals surface area (Å²) in [6.07, 6.45) is 2.93. The van der Waals surface area contributed by atoms with Gasteiger partial charge in [0.05, 0.1) is 30.0 Å². The molecule has 192 valence electrons. The van der Waals surface area contributed by atoms with E-state index < -0.39 is 10.0 Å². The highest BCUT2D eigenvalue weighted by atomic mass is 32.2. The van der Waals surface area contributed by atoms with Crippen LogP contribution >= 0.6 is 11.8 Å². The Bertz CT molecular complexity index is 1110. The molecule has 0 bridgehead atoms. The molecule has 0 unspecified atom stereocenters. The molecular weight excluding hydrogens is 490 g/mol. The fourth-order valence-electron chi connectivity index (χ4n) is 4.10. The number of amides is 1. The first-order valence-electron chi connectivity index (χ1n) is 12.0. The van der Waals surface area contributed by atoms with Gasteiger partial charge < -0.3 is 14.8 Å². The Labute approximate surface area is 210 Å². The van der Waals surface area contributed by atoms with Crippen molar-refractivity contribution in [2.45, 2.75) is 55.3 Å². The lowest BCUT2D eigenvalue weighted by Crippen LogP contribution is -2.40. The van der Waals surface area contributed by atoms with Crippen molar-refractivity contribution >= 4 is 27.7 Å². The number of nitrogens with one attached hydrogen (secondary N) is 1. The minimum Gasteiger partial charge on any atom is -0.379 e. The molecule has 2 saturated heterocycles. The van der Waals surface area contributed by atoms with Gasteiger partial charge in [-0.1, -0.05) is 30.8 Å². The number of aromatic nitrogens is 3. The Morgan fingerprint density at radius 3 is 2.77 bits per heavy atom. The van der Waals surface area contributed by atoms with E-state index in [1.54, 1.807) is 18.2 Å². The number of rotatable bonds is 10. The third-order valence-corrected chi connectivity index (χ3v) is 9.12. The van der Waals surface area contributed by atoms with E-state index in [2.05, 4.69) is 29.4 Å². The number of morpholine rings is 1. The number of sulfonamides is 1. The largest absolute Gasteiger partial charge is 0.379 e. The molecule has 1 aromatic carbocycles. The van der Waals surface area contributed by atoms with Gasteiger partial charge in [-0.3, -0.25) is 9.36 Å². The zero-order chi connectivity index (χ0) is 24.8. The second-order valence-electron chi connectivity index (χ2n) is 8.71. The van der Waals surface area contributed by atoms with Crippen LogP contribution in [0.2, 0.25) is 0 Å². The van der Waals surface area contributed by atoms with Crippen LogP contribution < -0.4 is 5.32 Å². The fourth-order valence-corrected chi connectivity index (χ4v) is 6.42. The molecule has 4 rings (SSSR count). The highest BCUT2D eigenvalue weighted by molar-refractivity contribution is 7.99. The van der Waals surface area contributed by atoms with Crippen molar-refractivity contribution in [1.82, 2.24) is 24.4 Å². The van der Waals surface area contributed by atoms with Gasteiger partial charge in [0, 0.05) is 37.8 Å². The van der Waals surface area contributed by atoms with E-state index in [4.69, 9.17) is 9.47 Å². The summed E-state index contributed by atoms with van der Waals surface area (Å²) >= 11 is 1.33. The van der Waals surface area contributed by atoms with Gasteiger partial charge >= 0.3 is 0 Å². The molecule has 0 spiro atoms. The van der Waals surface area contributed by atoms with Crippen LogP contribution in [-0.4, -0.2) is 84.7 Å². The lowest BCUT2D eigenvalue weighted by Gasteiger charge is -2.26. The number of nitrogens with zero attached hydrogens (tertiary/aromatic N) is 4. The molecule has 1 amide bonds. The van der Waals surface area contributed by atoms with Crippen LogP contribution in [0.4, 0.5) is 0 Å². The first-order chi connectivity index (χ1) is 16.9. The van der Waals surface area contributed by atoms with Crippen molar-refractivity contribution < 1.29 is 22.7 Å². The van der Waals surface area contributed by atoms with Gasteiger partial charge in [0.15, 0.2) is 11.0 Å². The molecule has 2 aliphatic rings. The molecule has 2 aliphatic heterocycles. The first-order valence-corrected chi connectivity index (χ1v) is 14.5. The second kappa shape index (κ2) is 11.8. The summed E-state index contributed by atoms with van der Waals surface area (Å²) in [5.74, 6) is 0.720. The summed E-state index contributed by atoms with van der Waals surface area (Å²) in [4.78, 5) is 12.6. The maximum Gasteiger partial charge on any atom is 0.243 e. The van der Waals surface area contributed by atoms with Crippen LogP contribution in [0, 0.1) is 0 Å². The van der Waals surface area contributed by atoms with Gasteiger partial charge in [-0.05, 0) is 38.3 Å². The van der Waals surface area contributed by atoms with E-state index in [9.17, 15) is 13.2 Å². The van der Waals surface area contributed by atoms with Crippen molar-refractivity contribution in [2.24, 2.45) is 0 Å². The highest BCUT2D eigenvalue weighted by Gasteiger charge is 2.27. The number of ether oxygens (including phenoxy) is 2. The third-order valence-electron chi connectivity index (χ3n) is 6.28. The Kier molecular flexibility index (Phi) is 8.82. The van der Waals surface area contributed by atoms with Crippen molar-refractivity contribution in [2.75, 3.05) is 45.2 Å². The SMILES string of the molecule is CC[C@@H](C)n1c(SCC(=O)NC[C@@H]2CCCO2)nnc1-c1cccc(S(=O)(=O)N2CCOCC2)c1. The second-order valence-corrected chi connectivity index (χ2v) is 11.6. The summed E-state index contributed by atoms with van der Waals surface area (Å²) in [6, 6.07) is 6.88. The molecule has 12 heteroatoms. The summed E-state index contributed by atoms with van der Waals surface area (Å²) in [5.41, 5.74) is 0.668. The Hall–Kier alpha value is -1.99. The Morgan fingerprint density at radius 2 is 2.06 bits per heavy atom. The summed E-state index contributed by atoms with van der Waals surface area (Å²) in [7, 11) is -3.63. The van der Waals surface area contributed by atoms with Gasteiger partial charge in [0.2, 0.25) is 15.9 Å². The minimum absolute atomic E-state index is 0.0666. The third kappa shape index (κ3) is 6.23. The maximum absolute atomic E-state index is 13.2. The molecule has 10 nitrogen and oxygen atoms in total. The number of carbonyl (C=O) groups excluding carboxylic acids is 1. The summed E-state index contributed by atoms with van der Waals surface area (Å²) in [6.45, 7) is 6.86. The first kappa shape index (κ1) is 26.1. The lowest BCUT2D eigenvalue weighted by atomic mass is 10.2. The topological polar surface area (TPSA) is 116 Å². The zero-order valence-corrected chi connectivity index (χ0v) is 21.8. The zero-order valence-electron chi connectivity index (χ0n) is 20.2. The molecular formula is C23H33N5O5S2. The minimum atomic E-state index is -3.63.